The lowest BCUT2D eigenvalue weighted by molar-refractivity contribution is -0.137. The van der Waals surface area contributed by atoms with Crippen LogP contribution in [0.25, 0.3) is 0 Å². The molecule has 0 bridgehead atoms. The van der Waals surface area contributed by atoms with Crippen LogP contribution in [-0.2, 0) is 33.0 Å². The summed E-state index contributed by atoms with van der Waals surface area (Å²) < 4.78 is 72.7. The van der Waals surface area contributed by atoms with E-state index in [0.29, 0.717) is 25.6 Å². The topological polar surface area (TPSA) is 49.9 Å². The second kappa shape index (κ2) is 9.26. The smallest absolute Gasteiger partial charge is 0.372 e. The van der Waals surface area contributed by atoms with Gasteiger partial charge in [-0.05, 0) is 41.2 Å². The standard InChI is InChI=1S/C25H31F3N2O3S/c1-24(2,3)19-9-7-18(8-10-19)17-33-22-14-21-15-30(12-11-29(21)16-22)34(31,32)23-6-4-5-20(13-23)25(26,27)28/h4-10,13,21-22H,11-12,14-17H2,1-3H3/t21-,22-/m0/s1. The van der Waals surface area contributed by atoms with E-state index >= 15 is 0 Å². The molecule has 9 heteroatoms. The lowest BCUT2D eigenvalue weighted by atomic mass is 9.87. The monoisotopic (exact) mass is 496 g/mol. The molecule has 34 heavy (non-hydrogen) atoms. The molecule has 0 unspecified atom stereocenters. The minimum atomic E-state index is -4.59. The van der Waals surface area contributed by atoms with Crippen LogP contribution in [0.15, 0.2) is 53.4 Å². The summed E-state index contributed by atoms with van der Waals surface area (Å²) in [5.41, 5.74) is 1.48. The maximum absolute atomic E-state index is 13.1. The fraction of sp³-hybridized carbons (Fsp3) is 0.520. The second-order valence-electron chi connectivity index (χ2n) is 10.2. The van der Waals surface area contributed by atoms with Crippen molar-refractivity contribution < 1.29 is 26.3 Å². The van der Waals surface area contributed by atoms with E-state index < -0.39 is 21.8 Å². The highest BCUT2D eigenvalue weighted by Crippen LogP contribution is 2.33. The fourth-order valence-corrected chi connectivity index (χ4v) is 6.12. The molecule has 186 valence electrons. The summed E-state index contributed by atoms with van der Waals surface area (Å²) in [5, 5.41) is 0. The van der Waals surface area contributed by atoms with E-state index in [-0.39, 0.29) is 35.5 Å². The average Bonchev–Trinajstić information content (AvgIpc) is 3.19. The van der Waals surface area contributed by atoms with Gasteiger partial charge < -0.3 is 4.74 Å². The Hall–Kier alpha value is -1.94. The van der Waals surface area contributed by atoms with E-state index in [1.54, 1.807) is 0 Å². The van der Waals surface area contributed by atoms with Gasteiger partial charge in [-0.15, -0.1) is 0 Å². The van der Waals surface area contributed by atoms with Gasteiger partial charge in [0.15, 0.2) is 0 Å². The number of benzene rings is 2. The van der Waals surface area contributed by atoms with Crippen LogP contribution in [0.1, 0.15) is 43.9 Å². The van der Waals surface area contributed by atoms with E-state index in [4.69, 9.17) is 4.74 Å². The van der Waals surface area contributed by atoms with Crippen molar-refractivity contribution in [2.45, 2.75) is 62.4 Å². The van der Waals surface area contributed by atoms with Gasteiger partial charge in [0.25, 0.3) is 0 Å². The van der Waals surface area contributed by atoms with Gasteiger partial charge in [0.2, 0.25) is 10.0 Å². The summed E-state index contributed by atoms with van der Waals surface area (Å²) in [6.45, 7) is 8.75. The second-order valence-corrected chi connectivity index (χ2v) is 12.1. The molecule has 0 aliphatic carbocycles. The highest BCUT2D eigenvalue weighted by molar-refractivity contribution is 7.89. The number of rotatable bonds is 5. The number of halogens is 3. The van der Waals surface area contributed by atoms with Crippen molar-refractivity contribution in [2.24, 2.45) is 0 Å². The van der Waals surface area contributed by atoms with Gasteiger partial charge in [-0.2, -0.15) is 17.5 Å². The van der Waals surface area contributed by atoms with Crippen molar-refractivity contribution >= 4 is 10.0 Å². The molecule has 0 amide bonds. The highest BCUT2D eigenvalue weighted by Gasteiger charge is 2.41. The third kappa shape index (κ3) is 5.48. The predicted octanol–water partition coefficient (Wildman–Crippen LogP) is 4.67. The quantitative estimate of drug-likeness (QED) is 0.604. The maximum Gasteiger partial charge on any atom is 0.416 e. The van der Waals surface area contributed by atoms with Crippen molar-refractivity contribution in [3.05, 3.63) is 65.2 Å². The summed E-state index contributed by atoms with van der Waals surface area (Å²) in [4.78, 5) is 1.89. The number of nitrogens with zero attached hydrogens (tertiary/aromatic N) is 2. The third-order valence-corrected chi connectivity index (χ3v) is 8.51. The summed E-state index contributed by atoms with van der Waals surface area (Å²) in [6.07, 6.45) is -3.91. The Bertz CT molecular complexity index is 1110. The van der Waals surface area contributed by atoms with E-state index in [1.165, 1.54) is 15.9 Å². The first-order chi connectivity index (χ1) is 15.8. The zero-order chi connectivity index (χ0) is 24.7. The molecule has 2 heterocycles. The van der Waals surface area contributed by atoms with Gasteiger partial charge >= 0.3 is 6.18 Å². The largest absolute Gasteiger partial charge is 0.416 e. The summed E-state index contributed by atoms with van der Waals surface area (Å²) in [6, 6.07) is 12.3. The lowest BCUT2D eigenvalue weighted by Gasteiger charge is -2.36. The number of sulfonamides is 1. The fourth-order valence-electron chi connectivity index (χ4n) is 4.60. The zero-order valence-electron chi connectivity index (χ0n) is 19.7. The van der Waals surface area contributed by atoms with Crippen molar-refractivity contribution in [1.29, 1.82) is 0 Å². The van der Waals surface area contributed by atoms with Crippen LogP contribution in [-0.4, -0.2) is 55.9 Å². The third-order valence-electron chi connectivity index (χ3n) is 6.65. The number of alkyl halides is 3. The Morgan fingerprint density at radius 1 is 0.971 bits per heavy atom. The number of ether oxygens (including phenoxy) is 1. The van der Waals surface area contributed by atoms with Gasteiger partial charge in [-0.25, -0.2) is 8.42 Å². The van der Waals surface area contributed by atoms with Gasteiger partial charge in [0.05, 0.1) is 23.2 Å². The average molecular weight is 497 g/mol. The van der Waals surface area contributed by atoms with Crippen LogP contribution in [0.5, 0.6) is 0 Å². The Labute approximate surface area is 199 Å². The summed E-state index contributed by atoms with van der Waals surface area (Å²) in [5.74, 6) is 0. The van der Waals surface area contributed by atoms with Crippen LogP contribution < -0.4 is 0 Å². The molecule has 2 aromatic rings. The molecule has 5 nitrogen and oxygen atoms in total. The number of piperazine rings is 1. The molecule has 0 aromatic heterocycles. The van der Waals surface area contributed by atoms with Gasteiger partial charge in [-0.1, -0.05) is 51.1 Å². The molecule has 2 saturated heterocycles. The minimum absolute atomic E-state index is 0.0106. The van der Waals surface area contributed by atoms with Crippen LogP contribution in [0.2, 0.25) is 0 Å². The predicted molar refractivity (Wildman–Crippen MR) is 124 cm³/mol. The van der Waals surface area contributed by atoms with E-state index in [9.17, 15) is 21.6 Å². The molecule has 2 aromatic carbocycles. The van der Waals surface area contributed by atoms with Gasteiger partial charge in [0, 0.05) is 32.2 Å². The van der Waals surface area contributed by atoms with E-state index in [1.807, 2.05) is 0 Å². The molecule has 0 spiro atoms. The Kier molecular flexibility index (Phi) is 6.85. The normalized spacial score (nSPS) is 22.6. The number of hydrogen-bond acceptors (Lipinski definition) is 4. The molecule has 0 N–H and O–H groups in total. The lowest BCUT2D eigenvalue weighted by Crippen LogP contribution is -2.51. The van der Waals surface area contributed by atoms with Gasteiger partial charge in [0.1, 0.15) is 0 Å². The van der Waals surface area contributed by atoms with Crippen molar-refractivity contribution in [3.8, 4) is 0 Å². The minimum Gasteiger partial charge on any atom is -0.372 e. The Morgan fingerprint density at radius 2 is 1.68 bits per heavy atom. The first-order valence-electron chi connectivity index (χ1n) is 11.5. The van der Waals surface area contributed by atoms with Crippen molar-refractivity contribution in [3.63, 3.8) is 0 Å². The van der Waals surface area contributed by atoms with E-state index in [0.717, 1.165) is 24.2 Å². The molecule has 0 radical (unpaired) electrons. The maximum atomic E-state index is 13.1. The molecular weight excluding hydrogens is 465 g/mol. The first kappa shape index (κ1) is 25.2. The van der Waals surface area contributed by atoms with Crippen LogP contribution in [0.3, 0.4) is 0 Å². The van der Waals surface area contributed by atoms with Gasteiger partial charge in [-0.3, -0.25) is 4.90 Å². The number of fused-ring (bicyclic) bond motifs is 1. The zero-order valence-corrected chi connectivity index (χ0v) is 20.5. The molecule has 0 saturated carbocycles. The Morgan fingerprint density at radius 3 is 2.32 bits per heavy atom. The summed E-state index contributed by atoms with van der Waals surface area (Å²) in [7, 11) is -4.01. The summed E-state index contributed by atoms with van der Waals surface area (Å²) >= 11 is 0. The first-order valence-corrected chi connectivity index (χ1v) is 12.9. The molecule has 2 fully saturated rings. The van der Waals surface area contributed by atoms with Crippen LogP contribution >= 0.6 is 0 Å². The number of hydrogen-bond donors (Lipinski definition) is 0. The van der Waals surface area contributed by atoms with Crippen molar-refractivity contribution in [1.82, 2.24) is 9.21 Å². The molecule has 2 atom stereocenters. The molecule has 2 aliphatic rings. The SMILES string of the molecule is CC(C)(C)c1ccc(CO[C@H]2C[C@H]3CN(S(=O)(=O)c4cccc(C(F)(F)F)c4)CCN3C2)cc1. The highest BCUT2D eigenvalue weighted by atomic mass is 32.2. The Balaban J connectivity index is 1.36. The van der Waals surface area contributed by atoms with Crippen LogP contribution in [0.4, 0.5) is 13.2 Å². The van der Waals surface area contributed by atoms with Crippen LogP contribution in [0, 0.1) is 0 Å². The molecule has 4 rings (SSSR count). The molecule has 2 aliphatic heterocycles. The van der Waals surface area contributed by atoms with E-state index in [2.05, 4.69) is 49.9 Å². The molecular formula is C25H31F3N2O3S. The van der Waals surface area contributed by atoms with Crippen molar-refractivity contribution in [2.75, 3.05) is 26.2 Å².